The van der Waals surface area contributed by atoms with Gasteiger partial charge >= 0.3 is 0 Å². The van der Waals surface area contributed by atoms with Crippen molar-refractivity contribution in [3.8, 4) is 33.6 Å². The Balaban J connectivity index is 1.17. The Labute approximate surface area is 298 Å². The van der Waals surface area contributed by atoms with Crippen LogP contribution in [0.25, 0.3) is 97.4 Å². The fourth-order valence-corrected chi connectivity index (χ4v) is 9.35. The fourth-order valence-electron chi connectivity index (χ4n) is 8.24. The first-order valence-electron chi connectivity index (χ1n) is 17.4. The highest BCUT2D eigenvalue weighted by molar-refractivity contribution is 7.25. The van der Waals surface area contributed by atoms with Gasteiger partial charge in [0.2, 0.25) is 0 Å². The minimum atomic E-state index is 1.16. The second kappa shape index (κ2) is 11.0. The number of thiophene rings is 1. The van der Waals surface area contributed by atoms with E-state index in [1.807, 2.05) is 11.3 Å². The van der Waals surface area contributed by atoms with Crippen molar-refractivity contribution in [2.24, 2.45) is 0 Å². The van der Waals surface area contributed by atoms with Crippen LogP contribution in [0.5, 0.6) is 0 Å². The zero-order valence-corrected chi connectivity index (χ0v) is 28.4. The van der Waals surface area contributed by atoms with Crippen LogP contribution < -0.4 is 0 Å². The smallest absolute Gasteiger partial charge is 0.0562 e. The summed E-state index contributed by atoms with van der Waals surface area (Å²) < 4.78 is 7.51. The van der Waals surface area contributed by atoms with Crippen molar-refractivity contribution in [2.45, 2.75) is 0 Å². The van der Waals surface area contributed by atoms with Gasteiger partial charge in [-0.3, -0.25) is 0 Å². The first-order chi connectivity index (χ1) is 25.3. The number of nitrogens with zero attached hydrogens (tertiary/aromatic N) is 2. The lowest BCUT2D eigenvalue weighted by Crippen LogP contribution is -1.97. The summed E-state index contributed by atoms with van der Waals surface area (Å²) in [5.41, 5.74) is 12.1. The van der Waals surface area contributed by atoms with E-state index in [2.05, 4.69) is 191 Å². The van der Waals surface area contributed by atoms with Crippen LogP contribution in [-0.2, 0) is 0 Å². The molecule has 0 radical (unpaired) electrons. The number of fused-ring (bicyclic) bond motifs is 9. The minimum Gasteiger partial charge on any atom is -0.309 e. The molecule has 0 N–H and O–H groups in total. The molecule has 0 aliphatic carbocycles. The first kappa shape index (κ1) is 28.4. The van der Waals surface area contributed by atoms with Gasteiger partial charge in [-0.1, -0.05) is 121 Å². The van der Waals surface area contributed by atoms with Gasteiger partial charge in [0.05, 0.1) is 27.8 Å². The summed E-state index contributed by atoms with van der Waals surface area (Å²) in [6, 6.07) is 66.7. The van der Waals surface area contributed by atoms with E-state index in [4.69, 9.17) is 0 Å². The molecule has 0 aliphatic rings. The van der Waals surface area contributed by atoms with Crippen LogP contribution in [0.2, 0.25) is 0 Å². The van der Waals surface area contributed by atoms with E-state index in [-0.39, 0.29) is 0 Å². The number of para-hydroxylation sites is 3. The number of hydrogen-bond donors (Lipinski definition) is 0. The Morgan fingerprint density at radius 1 is 0.314 bits per heavy atom. The van der Waals surface area contributed by atoms with Crippen molar-refractivity contribution in [1.29, 1.82) is 0 Å². The molecular weight excluding hydrogens is 637 g/mol. The summed E-state index contributed by atoms with van der Waals surface area (Å²) in [5.74, 6) is 0. The normalized spacial score (nSPS) is 11.9. The highest BCUT2D eigenvalue weighted by Gasteiger charge is 2.19. The number of hydrogen-bond acceptors (Lipinski definition) is 1. The Hall–Kier alpha value is -6.42. The molecule has 0 saturated carbocycles. The fraction of sp³-hybridized carbons (Fsp3) is 0. The van der Waals surface area contributed by atoms with Gasteiger partial charge in [0.1, 0.15) is 0 Å². The topological polar surface area (TPSA) is 9.86 Å². The maximum Gasteiger partial charge on any atom is 0.0562 e. The minimum absolute atomic E-state index is 1.16. The monoisotopic (exact) mass is 666 g/mol. The third kappa shape index (κ3) is 4.29. The predicted octanol–water partition coefficient (Wildman–Crippen LogP) is 13.6. The van der Waals surface area contributed by atoms with E-state index in [1.165, 1.54) is 91.7 Å². The lowest BCUT2D eigenvalue weighted by Gasteiger charge is -2.13. The molecule has 0 amide bonds. The Morgan fingerprint density at radius 3 is 1.61 bits per heavy atom. The molecule has 3 aromatic heterocycles. The molecule has 0 unspecified atom stereocenters. The van der Waals surface area contributed by atoms with E-state index in [1.54, 1.807) is 0 Å². The van der Waals surface area contributed by atoms with E-state index in [9.17, 15) is 0 Å². The van der Waals surface area contributed by atoms with Crippen molar-refractivity contribution in [1.82, 2.24) is 9.13 Å². The first-order valence-corrected chi connectivity index (χ1v) is 18.3. The van der Waals surface area contributed by atoms with Gasteiger partial charge in [0.15, 0.2) is 0 Å². The molecule has 0 atom stereocenters. The maximum absolute atomic E-state index is 2.50. The molecule has 11 aromatic rings. The SMILES string of the molecule is c1ccc(-c2cccc(-c3ccc4sc5cccc(-n6c7ccccc7c7ccc(-n8c9ccccc9c9ccccc98)cc76)c5c4c3)c2)cc1. The number of aromatic nitrogens is 2. The van der Waals surface area contributed by atoms with E-state index < -0.39 is 0 Å². The lowest BCUT2D eigenvalue weighted by atomic mass is 9.98. The molecule has 0 spiro atoms. The number of rotatable bonds is 4. The van der Waals surface area contributed by atoms with Crippen molar-refractivity contribution < 1.29 is 0 Å². The molecule has 0 fully saturated rings. The summed E-state index contributed by atoms with van der Waals surface area (Å²) >= 11 is 1.87. The van der Waals surface area contributed by atoms with Crippen molar-refractivity contribution >= 4 is 75.1 Å². The maximum atomic E-state index is 2.50. The molecule has 3 heterocycles. The Morgan fingerprint density at radius 2 is 0.882 bits per heavy atom. The van der Waals surface area contributed by atoms with E-state index >= 15 is 0 Å². The van der Waals surface area contributed by atoms with E-state index in [0.717, 1.165) is 5.69 Å². The van der Waals surface area contributed by atoms with Crippen LogP contribution in [0.3, 0.4) is 0 Å². The third-order valence-corrected chi connectivity index (χ3v) is 11.6. The zero-order valence-electron chi connectivity index (χ0n) is 27.6. The van der Waals surface area contributed by atoms with Crippen LogP contribution in [0, 0.1) is 0 Å². The molecule has 11 rings (SSSR count). The van der Waals surface area contributed by atoms with Gasteiger partial charge in [-0.15, -0.1) is 11.3 Å². The standard InChI is InChI=1S/C48H30N2S/c1-2-12-31(13-3-1)32-14-10-15-33(28-32)34-24-27-46-40(29-34)48-44(22-11-23-47(48)51-46)50-43-21-9-6-18-38(43)39-26-25-35(30-45(39)50)49-41-19-7-4-16-36(41)37-17-5-8-20-42(37)49/h1-30H. The van der Waals surface area contributed by atoms with Crippen LogP contribution in [-0.4, -0.2) is 9.13 Å². The van der Waals surface area contributed by atoms with E-state index in [0.29, 0.717) is 0 Å². The summed E-state index contributed by atoms with van der Waals surface area (Å²) in [7, 11) is 0. The largest absolute Gasteiger partial charge is 0.309 e. The van der Waals surface area contributed by atoms with Crippen molar-refractivity contribution in [3.63, 3.8) is 0 Å². The van der Waals surface area contributed by atoms with Gasteiger partial charge < -0.3 is 9.13 Å². The van der Waals surface area contributed by atoms with Gasteiger partial charge in [-0.2, -0.15) is 0 Å². The van der Waals surface area contributed by atoms with Crippen LogP contribution >= 0.6 is 11.3 Å². The quantitative estimate of drug-likeness (QED) is 0.177. The van der Waals surface area contributed by atoms with Gasteiger partial charge in [0.25, 0.3) is 0 Å². The molecular formula is C48H30N2S. The second-order valence-corrected chi connectivity index (χ2v) is 14.4. The highest BCUT2D eigenvalue weighted by atomic mass is 32.1. The predicted molar refractivity (Wildman–Crippen MR) is 219 cm³/mol. The summed E-state index contributed by atoms with van der Waals surface area (Å²) in [5, 5.41) is 7.64. The van der Waals surface area contributed by atoms with Crippen LogP contribution in [0.4, 0.5) is 0 Å². The van der Waals surface area contributed by atoms with Crippen molar-refractivity contribution in [2.75, 3.05) is 0 Å². The lowest BCUT2D eigenvalue weighted by molar-refractivity contribution is 1.16. The molecule has 0 aliphatic heterocycles. The van der Waals surface area contributed by atoms with Crippen molar-refractivity contribution in [3.05, 3.63) is 182 Å². The molecule has 2 nitrogen and oxygen atoms in total. The van der Waals surface area contributed by atoms with Crippen LogP contribution in [0.15, 0.2) is 182 Å². The molecule has 238 valence electrons. The Kier molecular flexibility index (Phi) is 6.16. The molecule has 0 bridgehead atoms. The Bertz CT molecular complexity index is 3090. The highest BCUT2D eigenvalue weighted by Crippen LogP contribution is 2.43. The summed E-state index contributed by atoms with van der Waals surface area (Å²) in [6.07, 6.45) is 0. The molecule has 0 saturated heterocycles. The summed E-state index contributed by atoms with van der Waals surface area (Å²) in [6.45, 7) is 0. The molecule has 3 heteroatoms. The van der Waals surface area contributed by atoms with Gasteiger partial charge in [-0.05, 0) is 82.9 Å². The zero-order chi connectivity index (χ0) is 33.5. The second-order valence-electron chi connectivity index (χ2n) is 13.3. The molecule has 51 heavy (non-hydrogen) atoms. The van der Waals surface area contributed by atoms with Gasteiger partial charge in [0, 0.05) is 47.4 Å². The summed E-state index contributed by atoms with van der Waals surface area (Å²) in [4.78, 5) is 0. The third-order valence-electron chi connectivity index (χ3n) is 10.5. The average Bonchev–Trinajstić information content (AvgIpc) is 3.85. The van der Waals surface area contributed by atoms with Crippen LogP contribution in [0.1, 0.15) is 0 Å². The van der Waals surface area contributed by atoms with Gasteiger partial charge in [-0.25, -0.2) is 0 Å². The molecule has 8 aromatic carbocycles. The number of benzene rings is 8. The average molecular weight is 667 g/mol.